The van der Waals surface area contributed by atoms with Crippen molar-refractivity contribution in [2.24, 2.45) is 0 Å². The normalized spacial score (nSPS) is 14.7. The minimum absolute atomic E-state index is 0.922. The molecule has 1 aliphatic rings. The number of benzene rings is 1. The van der Waals surface area contributed by atoms with E-state index in [0.717, 1.165) is 42.8 Å². The predicted octanol–water partition coefficient (Wildman–Crippen LogP) is 4.16. The summed E-state index contributed by atoms with van der Waals surface area (Å²) in [5.41, 5.74) is 1.31. The van der Waals surface area contributed by atoms with Crippen LogP contribution in [0.1, 0.15) is 5.56 Å². The molecule has 0 bridgehead atoms. The molecule has 6 heteroatoms. The Morgan fingerprint density at radius 1 is 0.920 bits per heavy atom. The van der Waals surface area contributed by atoms with E-state index in [1.807, 2.05) is 29.8 Å². The van der Waals surface area contributed by atoms with Gasteiger partial charge in [-0.25, -0.2) is 4.98 Å². The van der Waals surface area contributed by atoms with Crippen LogP contribution < -0.4 is 9.80 Å². The smallest absolute Gasteiger partial charge is 0.148 e. The maximum absolute atomic E-state index is 4.81. The van der Waals surface area contributed by atoms with Gasteiger partial charge in [-0.1, -0.05) is 30.3 Å². The minimum atomic E-state index is 0.922. The van der Waals surface area contributed by atoms with Crippen LogP contribution in [0.15, 0.2) is 65.3 Å². The van der Waals surface area contributed by atoms with Gasteiger partial charge in [-0.15, -0.1) is 23.1 Å². The van der Waals surface area contributed by atoms with Crippen molar-refractivity contribution in [3.8, 4) is 0 Å². The van der Waals surface area contributed by atoms with Gasteiger partial charge in [0.25, 0.3) is 0 Å². The van der Waals surface area contributed by atoms with Crippen LogP contribution in [-0.2, 0) is 5.75 Å². The standard InChI is InChI=1S/C19H20N4S2/c1-2-5-16(6-3-1)15-25-18-14-20-13-17(21-18)22-8-10-23(11-9-22)19-7-4-12-24-19/h1-7,12-14H,8-11,15H2. The second-order valence-electron chi connectivity index (χ2n) is 5.92. The number of thiophene rings is 1. The van der Waals surface area contributed by atoms with Crippen LogP contribution in [0, 0.1) is 0 Å². The molecule has 1 fully saturated rings. The lowest BCUT2D eigenvalue weighted by Crippen LogP contribution is -2.46. The van der Waals surface area contributed by atoms with Gasteiger partial charge < -0.3 is 9.80 Å². The lowest BCUT2D eigenvalue weighted by Gasteiger charge is -2.35. The Hall–Kier alpha value is -2.05. The second kappa shape index (κ2) is 7.89. The van der Waals surface area contributed by atoms with Gasteiger partial charge in [0.1, 0.15) is 10.8 Å². The first-order valence-electron chi connectivity index (χ1n) is 8.41. The van der Waals surface area contributed by atoms with Crippen molar-refractivity contribution in [2.45, 2.75) is 10.8 Å². The third-order valence-corrected chi connectivity index (χ3v) is 6.15. The molecule has 0 spiro atoms. The number of hydrogen-bond acceptors (Lipinski definition) is 6. The number of rotatable bonds is 5. The highest BCUT2D eigenvalue weighted by Gasteiger charge is 2.19. The van der Waals surface area contributed by atoms with Crippen molar-refractivity contribution in [3.63, 3.8) is 0 Å². The number of aromatic nitrogens is 2. The van der Waals surface area contributed by atoms with Crippen LogP contribution in [0.5, 0.6) is 0 Å². The van der Waals surface area contributed by atoms with E-state index in [2.05, 4.69) is 56.6 Å². The summed E-state index contributed by atoms with van der Waals surface area (Å²) in [6.07, 6.45) is 3.74. The Labute approximate surface area is 156 Å². The third kappa shape index (κ3) is 4.14. The van der Waals surface area contributed by atoms with Gasteiger partial charge >= 0.3 is 0 Å². The molecule has 0 aliphatic carbocycles. The number of piperazine rings is 1. The summed E-state index contributed by atoms with van der Waals surface area (Å²) in [4.78, 5) is 14.0. The molecule has 4 nitrogen and oxygen atoms in total. The number of thioether (sulfide) groups is 1. The lowest BCUT2D eigenvalue weighted by atomic mass is 10.2. The van der Waals surface area contributed by atoms with Crippen molar-refractivity contribution in [1.82, 2.24) is 9.97 Å². The average Bonchev–Trinajstić information content (AvgIpc) is 3.22. The zero-order valence-corrected chi connectivity index (χ0v) is 15.5. The zero-order chi connectivity index (χ0) is 16.9. The first-order chi connectivity index (χ1) is 12.4. The molecular formula is C19H20N4S2. The van der Waals surface area contributed by atoms with Gasteiger partial charge in [-0.2, -0.15) is 0 Å². The topological polar surface area (TPSA) is 32.3 Å². The van der Waals surface area contributed by atoms with Crippen molar-refractivity contribution in [1.29, 1.82) is 0 Å². The fourth-order valence-corrected chi connectivity index (χ4v) is 4.48. The third-order valence-electron chi connectivity index (χ3n) is 4.25. The monoisotopic (exact) mass is 368 g/mol. The van der Waals surface area contributed by atoms with E-state index in [1.54, 1.807) is 11.8 Å². The maximum Gasteiger partial charge on any atom is 0.148 e. The summed E-state index contributed by atoms with van der Waals surface area (Å²) in [7, 11) is 0. The van der Waals surface area contributed by atoms with Crippen LogP contribution in [0.3, 0.4) is 0 Å². The summed E-state index contributed by atoms with van der Waals surface area (Å²) in [5, 5.41) is 4.49. The largest absolute Gasteiger partial charge is 0.360 e. The van der Waals surface area contributed by atoms with Crippen molar-refractivity contribution < 1.29 is 0 Å². The van der Waals surface area contributed by atoms with Crippen LogP contribution >= 0.6 is 23.1 Å². The van der Waals surface area contributed by atoms with E-state index < -0.39 is 0 Å². The van der Waals surface area contributed by atoms with E-state index in [1.165, 1.54) is 10.6 Å². The second-order valence-corrected chi connectivity index (χ2v) is 7.84. The summed E-state index contributed by atoms with van der Waals surface area (Å²) in [5.74, 6) is 1.91. The Morgan fingerprint density at radius 3 is 2.48 bits per heavy atom. The Kier molecular flexibility index (Phi) is 5.18. The molecule has 2 aromatic heterocycles. The van der Waals surface area contributed by atoms with Crippen LogP contribution in [0.2, 0.25) is 0 Å². The summed E-state index contributed by atoms with van der Waals surface area (Å²) in [6, 6.07) is 14.8. The SMILES string of the molecule is c1ccc(CSc2cncc(N3CCN(c4cccs4)CC3)n2)cc1. The van der Waals surface area contributed by atoms with Crippen LogP contribution in [-0.4, -0.2) is 36.1 Å². The molecule has 4 rings (SSSR count). The fraction of sp³-hybridized carbons (Fsp3) is 0.263. The molecule has 1 saturated heterocycles. The van der Waals surface area contributed by atoms with E-state index in [-0.39, 0.29) is 0 Å². The molecule has 0 atom stereocenters. The highest BCUT2D eigenvalue weighted by molar-refractivity contribution is 7.98. The highest BCUT2D eigenvalue weighted by Crippen LogP contribution is 2.25. The molecule has 1 aliphatic heterocycles. The van der Waals surface area contributed by atoms with E-state index in [0.29, 0.717) is 0 Å². The molecule has 0 amide bonds. The predicted molar refractivity (Wildman–Crippen MR) is 107 cm³/mol. The Balaban J connectivity index is 1.37. The lowest BCUT2D eigenvalue weighted by molar-refractivity contribution is 0.647. The molecule has 3 heterocycles. The van der Waals surface area contributed by atoms with Crippen molar-refractivity contribution in [2.75, 3.05) is 36.0 Å². The first-order valence-corrected chi connectivity index (χ1v) is 10.3. The molecule has 128 valence electrons. The van der Waals surface area contributed by atoms with Crippen molar-refractivity contribution >= 4 is 33.9 Å². The molecular weight excluding hydrogens is 348 g/mol. The Bertz CT molecular complexity index is 784. The molecule has 3 aromatic rings. The molecule has 0 N–H and O–H groups in total. The van der Waals surface area contributed by atoms with Gasteiger partial charge in [0.15, 0.2) is 0 Å². The fourth-order valence-electron chi connectivity index (χ4n) is 2.90. The molecule has 0 unspecified atom stereocenters. The summed E-state index contributed by atoms with van der Waals surface area (Å²) in [6.45, 7) is 4.03. The summed E-state index contributed by atoms with van der Waals surface area (Å²) < 4.78 is 0. The van der Waals surface area contributed by atoms with Crippen LogP contribution in [0.25, 0.3) is 0 Å². The Morgan fingerprint density at radius 2 is 1.72 bits per heavy atom. The van der Waals surface area contributed by atoms with Gasteiger partial charge in [0, 0.05) is 31.9 Å². The molecule has 0 saturated carbocycles. The average molecular weight is 369 g/mol. The first kappa shape index (κ1) is 16.4. The van der Waals surface area contributed by atoms with Crippen LogP contribution in [0.4, 0.5) is 10.8 Å². The maximum atomic E-state index is 4.81. The van der Waals surface area contributed by atoms with E-state index in [9.17, 15) is 0 Å². The van der Waals surface area contributed by atoms with E-state index >= 15 is 0 Å². The summed E-state index contributed by atoms with van der Waals surface area (Å²) >= 11 is 3.55. The molecule has 1 aromatic carbocycles. The van der Waals surface area contributed by atoms with Gasteiger partial charge in [-0.3, -0.25) is 4.98 Å². The molecule has 0 radical (unpaired) electrons. The van der Waals surface area contributed by atoms with Crippen molar-refractivity contribution in [3.05, 3.63) is 65.8 Å². The van der Waals surface area contributed by atoms with E-state index in [4.69, 9.17) is 4.98 Å². The van der Waals surface area contributed by atoms with Gasteiger partial charge in [0.05, 0.1) is 17.4 Å². The zero-order valence-electron chi connectivity index (χ0n) is 13.9. The highest BCUT2D eigenvalue weighted by atomic mass is 32.2. The molecule has 25 heavy (non-hydrogen) atoms. The quantitative estimate of drug-likeness (QED) is 0.632. The van der Waals surface area contributed by atoms with Gasteiger partial charge in [0.2, 0.25) is 0 Å². The number of anilines is 2. The van der Waals surface area contributed by atoms with Gasteiger partial charge in [-0.05, 0) is 23.1 Å². The number of hydrogen-bond donors (Lipinski definition) is 0. The number of nitrogens with zero attached hydrogens (tertiary/aromatic N) is 4. The minimum Gasteiger partial charge on any atom is -0.360 e.